The summed E-state index contributed by atoms with van der Waals surface area (Å²) < 4.78 is 0. The Morgan fingerprint density at radius 2 is 0.793 bits per heavy atom. The van der Waals surface area contributed by atoms with Gasteiger partial charge in [-0.2, -0.15) is 0 Å². The molecule has 0 atom stereocenters. The van der Waals surface area contributed by atoms with Gasteiger partial charge in [0, 0.05) is 10.7 Å². The highest BCUT2D eigenvalue weighted by molar-refractivity contribution is 9.08. The fourth-order valence-corrected chi connectivity index (χ4v) is 5.94. The van der Waals surface area contributed by atoms with Crippen molar-refractivity contribution in [2.24, 2.45) is 0 Å². The van der Waals surface area contributed by atoms with Crippen LogP contribution in [0.5, 0.6) is 0 Å². The summed E-state index contributed by atoms with van der Waals surface area (Å²) in [6.07, 6.45) is 0. The highest BCUT2D eigenvalue weighted by Gasteiger charge is 2.47. The van der Waals surface area contributed by atoms with E-state index in [1.54, 1.807) is 0 Å². The Hall–Kier alpha value is -2.16. The topological polar surface area (TPSA) is 0 Å². The highest BCUT2D eigenvalue weighted by atomic mass is 79.9. The van der Waals surface area contributed by atoms with Gasteiger partial charge in [0.2, 0.25) is 0 Å². The molecule has 1 aliphatic carbocycles. The minimum Gasteiger partial charge on any atom is -0.0876 e. The van der Waals surface area contributed by atoms with Gasteiger partial charge in [-0.05, 0) is 44.5 Å². The lowest BCUT2D eigenvalue weighted by atomic mass is 9.65. The molecule has 0 aliphatic heterocycles. The van der Waals surface area contributed by atoms with E-state index in [0.717, 1.165) is 10.7 Å². The number of halogens is 2. The van der Waals surface area contributed by atoms with Crippen molar-refractivity contribution in [3.05, 3.63) is 130 Å². The van der Waals surface area contributed by atoms with Gasteiger partial charge in [-0.3, -0.25) is 0 Å². The second-order valence-corrected chi connectivity index (χ2v) is 8.54. The minimum absolute atomic E-state index is 0.331. The fraction of sp³-hybridized carbons (Fsp3) is 0.111. The average Bonchev–Trinajstić information content (AvgIpc) is 3.10. The molecule has 0 saturated heterocycles. The van der Waals surface area contributed by atoms with Crippen molar-refractivity contribution >= 4 is 31.9 Å². The van der Waals surface area contributed by atoms with Crippen molar-refractivity contribution in [2.45, 2.75) is 16.1 Å². The zero-order chi connectivity index (χ0) is 19.8. The summed E-state index contributed by atoms with van der Waals surface area (Å²) in [5.74, 6) is 0. The first-order chi connectivity index (χ1) is 14.3. The summed E-state index contributed by atoms with van der Waals surface area (Å²) in [7, 11) is 0. The molecule has 2 heteroatoms. The van der Waals surface area contributed by atoms with Crippen LogP contribution in [0.2, 0.25) is 0 Å². The molecule has 0 unspecified atom stereocenters. The van der Waals surface area contributed by atoms with Gasteiger partial charge in [0.1, 0.15) is 0 Å². The standard InChI is InChI=1S/C27H20Br2/c28-17-19-9-1-5-13-23(19)27(24-14-6-2-10-20(24)18-29)25-15-7-3-11-21(25)22-12-4-8-16-26(22)27/h1-16H,17-18H2. The monoisotopic (exact) mass is 502 g/mol. The molecule has 142 valence electrons. The lowest BCUT2D eigenvalue weighted by molar-refractivity contribution is 0.752. The first-order valence-electron chi connectivity index (χ1n) is 9.80. The number of hydrogen-bond acceptors (Lipinski definition) is 0. The van der Waals surface area contributed by atoms with Crippen LogP contribution in [0, 0.1) is 0 Å². The molecule has 0 fully saturated rings. The predicted octanol–water partition coefficient (Wildman–Crippen LogP) is 7.84. The van der Waals surface area contributed by atoms with E-state index in [0.29, 0.717) is 0 Å². The number of alkyl halides is 2. The SMILES string of the molecule is BrCc1ccccc1C1(c2ccccc2CBr)c2ccccc2-c2ccccc21. The van der Waals surface area contributed by atoms with Crippen LogP contribution < -0.4 is 0 Å². The molecule has 0 nitrogen and oxygen atoms in total. The Labute approximate surface area is 188 Å². The van der Waals surface area contributed by atoms with Crippen LogP contribution in [0.15, 0.2) is 97.1 Å². The number of rotatable bonds is 4. The maximum atomic E-state index is 3.76. The third-order valence-electron chi connectivity index (χ3n) is 6.08. The highest BCUT2D eigenvalue weighted by Crippen LogP contribution is 2.57. The van der Waals surface area contributed by atoms with E-state index in [1.807, 2.05) is 0 Å². The van der Waals surface area contributed by atoms with E-state index in [9.17, 15) is 0 Å². The lowest BCUT2D eigenvalue weighted by Crippen LogP contribution is -2.31. The van der Waals surface area contributed by atoms with Crippen LogP contribution in [0.3, 0.4) is 0 Å². The molecular formula is C27H20Br2. The number of benzene rings is 4. The molecule has 0 radical (unpaired) electrons. The third kappa shape index (κ3) is 2.69. The minimum atomic E-state index is -0.331. The molecule has 0 N–H and O–H groups in total. The predicted molar refractivity (Wildman–Crippen MR) is 129 cm³/mol. The van der Waals surface area contributed by atoms with Crippen LogP contribution in [-0.4, -0.2) is 0 Å². The van der Waals surface area contributed by atoms with Crippen molar-refractivity contribution in [2.75, 3.05) is 0 Å². The second kappa shape index (κ2) is 7.59. The van der Waals surface area contributed by atoms with Gasteiger partial charge < -0.3 is 0 Å². The van der Waals surface area contributed by atoms with Crippen LogP contribution in [0.25, 0.3) is 11.1 Å². The van der Waals surface area contributed by atoms with Crippen LogP contribution in [0.1, 0.15) is 33.4 Å². The maximum absolute atomic E-state index is 3.76. The third-order valence-corrected chi connectivity index (χ3v) is 7.29. The molecule has 0 saturated carbocycles. The molecule has 4 aromatic rings. The normalized spacial score (nSPS) is 13.7. The molecule has 0 heterocycles. The molecule has 0 amide bonds. The molecule has 29 heavy (non-hydrogen) atoms. The molecule has 0 spiro atoms. The molecular weight excluding hydrogens is 484 g/mol. The number of fused-ring (bicyclic) bond motifs is 3. The van der Waals surface area contributed by atoms with E-state index in [4.69, 9.17) is 0 Å². The second-order valence-electron chi connectivity index (χ2n) is 7.42. The zero-order valence-electron chi connectivity index (χ0n) is 15.9. The van der Waals surface area contributed by atoms with E-state index in [-0.39, 0.29) is 5.41 Å². The first kappa shape index (κ1) is 18.8. The fourth-order valence-electron chi connectivity index (χ4n) is 4.97. The Morgan fingerprint density at radius 3 is 1.21 bits per heavy atom. The Bertz CT molecular complexity index is 1100. The lowest BCUT2D eigenvalue weighted by Gasteiger charge is -2.36. The van der Waals surface area contributed by atoms with Crippen molar-refractivity contribution in [3.8, 4) is 11.1 Å². The van der Waals surface area contributed by atoms with Gasteiger partial charge in [-0.15, -0.1) is 0 Å². The number of hydrogen-bond donors (Lipinski definition) is 0. The van der Waals surface area contributed by atoms with Crippen LogP contribution in [0.4, 0.5) is 0 Å². The summed E-state index contributed by atoms with van der Waals surface area (Å²) in [6, 6.07) is 35.5. The Kier molecular flexibility index (Phi) is 4.93. The van der Waals surface area contributed by atoms with Crippen LogP contribution >= 0.6 is 31.9 Å². The summed E-state index contributed by atoms with van der Waals surface area (Å²) >= 11 is 7.52. The smallest absolute Gasteiger partial charge is 0.0719 e. The van der Waals surface area contributed by atoms with Gasteiger partial charge in [-0.1, -0.05) is 129 Å². The zero-order valence-corrected chi connectivity index (χ0v) is 19.1. The van der Waals surface area contributed by atoms with Crippen molar-refractivity contribution in [1.29, 1.82) is 0 Å². The summed E-state index contributed by atoms with van der Waals surface area (Å²) in [6.45, 7) is 0. The van der Waals surface area contributed by atoms with Gasteiger partial charge in [0.15, 0.2) is 0 Å². The van der Waals surface area contributed by atoms with Gasteiger partial charge in [0.25, 0.3) is 0 Å². The molecule has 5 rings (SSSR count). The van der Waals surface area contributed by atoms with Crippen molar-refractivity contribution < 1.29 is 0 Å². The molecule has 1 aliphatic rings. The van der Waals surface area contributed by atoms with Gasteiger partial charge in [-0.25, -0.2) is 0 Å². The first-order valence-corrected chi connectivity index (χ1v) is 12.0. The van der Waals surface area contributed by atoms with E-state index >= 15 is 0 Å². The van der Waals surface area contributed by atoms with E-state index in [1.165, 1.54) is 44.5 Å². The largest absolute Gasteiger partial charge is 0.0876 e. The van der Waals surface area contributed by atoms with E-state index < -0.39 is 0 Å². The molecule has 0 bridgehead atoms. The molecule has 0 aromatic heterocycles. The van der Waals surface area contributed by atoms with E-state index in [2.05, 4.69) is 129 Å². The Balaban J connectivity index is 2.01. The van der Waals surface area contributed by atoms with Crippen molar-refractivity contribution in [1.82, 2.24) is 0 Å². The summed E-state index contributed by atoms with van der Waals surface area (Å²) in [5.41, 5.74) is 10.4. The van der Waals surface area contributed by atoms with Gasteiger partial charge >= 0.3 is 0 Å². The van der Waals surface area contributed by atoms with Gasteiger partial charge in [0.05, 0.1) is 5.41 Å². The Morgan fingerprint density at radius 1 is 0.448 bits per heavy atom. The summed E-state index contributed by atoms with van der Waals surface area (Å²) in [5, 5.41) is 1.65. The van der Waals surface area contributed by atoms with Crippen LogP contribution in [-0.2, 0) is 16.1 Å². The molecule has 4 aromatic carbocycles. The maximum Gasteiger partial charge on any atom is 0.0719 e. The summed E-state index contributed by atoms with van der Waals surface area (Å²) in [4.78, 5) is 0. The average molecular weight is 504 g/mol. The quantitative estimate of drug-likeness (QED) is 0.219. The van der Waals surface area contributed by atoms with Crippen molar-refractivity contribution in [3.63, 3.8) is 0 Å².